The van der Waals surface area contributed by atoms with E-state index in [1.54, 1.807) is 0 Å². The first-order valence-corrected chi connectivity index (χ1v) is 8.14. The summed E-state index contributed by atoms with van der Waals surface area (Å²) in [4.78, 5) is 4.12. The molecule has 0 spiro atoms. The second-order valence-electron chi connectivity index (χ2n) is 5.14. The van der Waals surface area contributed by atoms with Gasteiger partial charge in [0.15, 0.2) is 0 Å². The third-order valence-electron chi connectivity index (χ3n) is 4.01. The number of fused-ring (bicyclic) bond motifs is 1. The number of piperidine rings is 1. The van der Waals surface area contributed by atoms with E-state index in [0.717, 1.165) is 18.6 Å². The Bertz CT molecular complexity index is 379. The fraction of sp³-hybridized carbons (Fsp3) is 0.692. The summed E-state index contributed by atoms with van der Waals surface area (Å²) in [5, 5.41) is 3.73. The van der Waals surface area contributed by atoms with Crippen LogP contribution < -0.4 is 5.32 Å². The molecular formula is C13H19BrN2S. The van der Waals surface area contributed by atoms with Gasteiger partial charge in [0.1, 0.15) is 0 Å². The lowest BCUT2D eigenvalue weighted by molar-refractivity contribution is 0.166. The highest BCUT2D eigenvalue weighted by atomic mass is 79.9. The first-order chi connectivity index (χ1) is 8.31. The van der Waals surface area contributed by atoms with E-state index < -0.39 is 0 Å². The molecule has 1 aromatic heterocycles. The van der Waals surface area contributed by atoms with Crippen LogP contribution in [-0.4, -0.2) is 30.1 Å². The summed E-state index contributed by atoms with van der Waals surface area (Å²) in [6.07, 6.45) is 5.51. The van der Waals surface area contributed by atoms with E-state index in [1.165, 1.54) is 47.4 Å². The van der Waals surface area contributed by atoms with Crippen molar-refractivity contribution < 1.29 is 0 Å². The Morgan fingerprint density at radius 1 is 1.35 bits per heavy atom. The lowest BCUT2D eigenvalue weighted by Crippen LogP contribution is -2.45. The monoisotopic (exact) mass is 314 g/mol. The largest absolute Gasteiger partial charge is 0.309 e. The third-order valence-corrected chi connectivity index (χ3v) is 5.64. The van der Waals surface area contributed by atoms with Crippen molar-refractivity contribution in [1.82, 2.24) is 10.2 Å². The molecule has 1 N–H and O–H groups in total. The smallest absolute Gasteiger partial charge is 0.0701 e. The van der Waals surface area contributed by atoms with Crippen LogP contribution in [0.15, 0.2) is 15.9 Å². The van der Waals surface area contributed by atoms with Crippen LogP contribution in [0.3, 0.4) is 0 Å². The zero-order chi connectivity index (χ0) is 11.7. The number of halogens is 1. The van der Waals surface area contributed by atoms with Crippen molar-refractivity contribution in [2.45, 2.75) is 44.3 Å². The molecule has 0 bridgehead atoms. The van der Waals surface area contributed by atoms with Gasteiger partial charge in [-0.05, 0) is 66.8 Å². The Labute approximate surface area is 116 Å². The van der Waals surface area contributed by atoms with Gasteiger partial charge in [0, 0.05) is 23.5 Å². The van der Waals surface area contributed by atoms with Gasteiger partial charge in [0.2, 0.25) is 0 Å². The van der Waals surface area contributed by atoms with Crippen LogP contribution in [-0.2, 0) is 6.54 Å². The molecule has 3 heterocycles. The van der Waals surface area contributed by atoms with Gasteiger partial charge in [0.25, 0.3) is 0 Å². The van der Waals surface area contributed by atoms with Crippen molar-refractivity contribution in [1.29, 1.82) is 0 Å². The first kappa shape index (κ1) is 12.2. The number of rotatable bonds is 3. The molecule has 2 aliphatic heterocycles. The van der Waals surface area contributed by atoms with Crippen molar-refractivity contribution in [3.8, 4) is 0 Å². The standard InChI is InChI=1S/C13H19BrN2S/c14-13-4-3-12(17-13)9-15-10-5-7-16-6-1-2-11(16)8-10/h3-4,10-11,15H,1-2,5-9H2. The van der Waals surface area contributed by atoms with Gasteiger partial charge in [-0.3, -0.25) is 0 Å². The lowest BCUT2D eigenvalue weighted by Gasteiger charge is -2.35. The maximum absolute atomic E-state index is 3.73. The molecule has 2 nitrogen and oxygen atoms in total. The van der Waals surface area contributed by atoms with E-state index in [1.807, 2.05) is 11.3 Å². The maximum atomic E-state index is 3.73. The molecule has 17 heavy (non-hydrogen) atoms. The fourth-order valence-electron chi connectivity index (χ4n) is 3.10. The Hall–Kier alpha value is 0.1000. The number of hydrogen-bond acceptors (Lipinski definition) is 3. The van der Waals surface area contributed by atoms with Crippen molar-refractivity contribution in [2.24, 2.45) is 0 Å². The molecule has 0 saturated carbocycles. The normalized spacial score (nSPS) is 29.5. The van der Waals surface area contributed by atoms with Gasteiger partial charge < -0.3 is 10.2 Å². The summed E-state index contributed by atoms with van der Waals surface area (Å²) in [5.41, 5.74) is 0. The predicted molar refractivity (Wildman–Crippen MR) is 76.5 cm³/mol. The quantitative estimate of drug-likeness (QED) is 0.921. The molecule has 2 atom stereocenters. The predicted octanol–water partition coefficient (Wildman–Crippen LogP) is 3.23. The van der Waals surface area contributed by atoms with E-state index in [2.05, 4.69) is 38.3 Å². The van der Waals surface area contributed by atoms with Gasteiger partial charge in [0.05, 0.1) is 3.79 Å². The highest BCUT2D eigenvalue weighted by Gasteiger charge is 2.31. The summed E-state index contributed by atoms with van der Waals surface area (Å²) < 4.78 is 1.24. The van der Waals surface area contributed by atoms with Crippen LogP contribution in [0.1, 0.15) is 30.6 Å². The number of nitrogens with zero attached hydrogens (tertiary/aromatic N) is 1. The van der Waals surface area contributed by atoms with Crippen molar-refractivity contribution >= 4 is 27.3 Å². The van der Waals surface area contributed by atoms with Gasteiger partial charge in [-0.15, -0.1) is 11.3 Å². The summed E-state index contributed by atoms with van der Waals surface area (Å²) >= 11 is 5.36. The average molecular weight is 315 g/mol. The number of hydrogen-bond donors (Lipinski definition) is 1. The molecular weight excluding hydrogens is 296 g/mol. The highest BCUT2D eigenvalue weighted by Crippen LogP contribution is 2.27. The summed E-state index contributed by atoms with van der Waals surface area (Å²) in [6, 6.07) is 5.96. The zero-order valence-electron chi connectivity index (χ0n) is 9.99. The van der Waals surface area contributed by atoms with Crippen LogP contribution in [0.4, 0.5) is 0 Å². The molecule has 0 radical (unpaired) electrons. The molecule has 2 fully saturated rings. The third kappa shape index (κ3) is 2.92. The minimum Gasteiger partial charge on any atom is -0.309 e. The number of nitrogens with one attached hydrogen (secondary N) is 1. The Morgan fingerprint density at radius 3 is 3.12 bits per heavy atom. The van der Waals surface area contributed by atoms with Crippen LogP contribution in [0.2, 0.25) is 0 Å². The Kier molecular flexibility index (Phi) is 3.85. The van der Waals surface area contributed by atoms with Gasteiger partial charge in [-0.25, -0.2) is 0 Å². The SMILES string of the molecule is Brc1ccc(CNC2CCN3CCCC3C2)s1. The molecule has 94 valence electrons. The van der Waals surface area contributed by atoms with E-state index in [0.29, 0.717) is 0 Å². The lowest BCUT2D eigenvalue weighted by atomic mass is 9.97. The number of thiophene rings is 1. The van der Waals surface area contributed by atoms with Crippen molar-refractivity contribution in [3.63, 3.8) is 0 Å². The van der Waals surface area contributed by atoms with Crippen LogP contribution >= 0.6 is 27.3 Å². The second kappa shape index (κ2) is 5.39. The minimum atomic E-state index is 0.732. The Morgan fingerprint density at radius 2 is 2.29 bits per heavy atom. The van der Waals surface area contributed by atoms with E-state index >= 15 is 0 Å². The van der Waals surface area contributed by atoms with Crippen molar-refractivity contribution in [3.05, 3.63) is 20.8 Å². The van der Waals surface area contributed by atoms with Crippen LogP contribution in [0.25, 0.3) is 0 Å². The zero-order valence-corrected chi connectivity index (χ0v) is 12.4. The molecule has 2 aliphatic rings. The van der Waals surface area contributed by atoms with Crippen molar-refractivity contribution in [2.75, 3.05) is 13.1 Å². The van der Waals surface area contributed by atoms with Gasteiger partial charge >= 0.3 is 0 Å². The average Bonchev–Trinajstić information content (AvgIpc) is 2.94. The molecule has 0 amide bonds. The van der Waals surface area contributed by atoms with Gasteiger partial charge in [-0.2, -0.15) is 0 Å². The van der Waals surface area contributed by atoms with E-state index in [-0.39, 0.29) is 0 Å². The van der Waals surface area contributed by atoms with Crippen LogP contribution in [0, 0.1) is 0 Å². The first-order valence-electron chi connectivity index (χ1n) is 6.53. The molecule has 0 aromatic carbocycles. The fourth-order valence-corrected chi connectivity index (χ4v) is 4.54. The van der Waals surface area contributed by atoms with E-state index in [4.69, 9.17) is 0 Å². The van der Waals surface area contributed by atoms with Crippen LogP contribution in [0.5, 0.6) is 0 Å². The molecule has 2 saturated heterocycles. The summed E-state index contributed by atoms with van der Waals surface area (Å²) in [6.45, 7) is 3.68. The Balaban J connectivity index is 1.49. The molecule has 3 rings (SSSR count). The van der Waals surface area contributed by atoms with E-state index in [9.17, 15) is 0 Å². The molecule has 1 aromatic rings. The molecule has 4 heteroatoms. The second-order valence-corrected chi connectivity index (χ2v) is 7.69. The topological polar surface area (TPSA) is 15.3 Å². The minimum absolute atomic E-state index is 0.732. The van der Waals surface area contributed by atoms with Gasteiger partial charge in [-0.1, -0.05) is 0 Å². The summed E-state index contributed by atoms with van der Waals surface area (Å²) in [7, 11) is 0. The molecule has 0 aliphatic carbocycles. The molecule has 2 unspecified atom stereocenters. The maximum Gasteiger partial charge on any atom is 0.0701 e. The summed E-state index contributed by atoms with van der Waals surface area (Å²) in [5.74, 6) is 0. The highest BCUT2D eigenvalue weighted by molar-refractivity contribution is 9.11.